The van der Waals surface area contributed by atoms with E-state index in [0.717, 1.165) is 0 Å². The fraction of sp³-hybridized carbons (Fsp3) is 0.429. The Labute approximate surface area is 202 Å². The number of oxime groups is 1. The number of alkyl halides is 9. The number of aromatic nitrogens is 2. The number of amides is 1. The second kappa shape index (κ2) is 9.70. The van der Waals surface area contributed by atoms with Gasteiger partial charge in [0.2, 0.25) is 5.91 Å². The number of ketones is 1. The van der Waals surface area contributed by atoms with Crippen LogP contribution in [0, 0.1) is 6.92 Å². The molecule has 1 unspecified atom stereocenters. The highest BCUT2D eigenvalue weighted by Gasteiger charge is 2.64. The SMILES string of the molecule is Cc1cc(C2=NOC(c3cc(C(F)(F)F)n[nH]3)(C(F)(F)F)C2)ccc1C(=O)CCC(=O)NCC(F)(F)F. The summed E-state index contributed by atoms with van der Waals surface area (Å²) < 4.78 is 117. The van der Waals surface area contributed by atoms with Gasteiger partial charge in [-0.2, -0.15) is 44.6 Å². The number of nitrogens with one attached hydrogen (secondary N) is 2. The quantitative estimate of drug-likeness (QED) is 0.381. The summed E-state index contributed by atoms with van der Waals surface area (Å²) in [4.78, 5) is 28.5. The Morgan fingerprint density at radius 3 is 2.27 bits per heavy atom. The maximum Gasteiger partial charge on any atom is 0.437 e. The van der Waals surface area contributed by atoms with E-state index in [1.54, 1.807) is 10.4 Å². The van der Waals surface area contributed by atoms with Crippen LogP contribution in [0.15, 0.2) is 29.4 Å². The molecule has 1 aliphatic heterocycles. The molecule has 1 aromatic heterocycles. The van der Waals surface area contributed by atoms with Crippen molar-refractivity contribution in [2.24, 2.45) is 5.16 Å². The van der Waals surface area contributed by atoms with Gasteiger partial charge < -0.3 is 10.2 Å². The summed E-state index contributed by atoms with van der Waals surface area (Å²) >= 11 is 0. The van der Waals surface area contributed by atoms with Crippen molar-refractivity contribution in [2.45, 2.75) is 50.3 Å². The molecule has 202 valence electrons. The van der Waals surface area contributed by atoms with E-state index in [4.69, 9.17) is 0 Å². The third-order valence-corrected chi connectivity index (χ3v) is 5.41. The van der Waals surface area contributed by atoms with Crippen LogP contribution in [-0.2, 0) is 21.4 Å². The van der Waals surface area contributed by atoms with Gasteiger partial charge in [-0.15, -0.1) is 0 Å². The summed E-state index contributed by atoms with van der Waals surface area (Å²) in [6.07, 6.45) is -16.7. The van der Waals surface area contributed by atoms with Gasteiger partial charge in [0.25, 0.3) is 5.60 Å². The molecule has 2 aromatic rings. The first-order valence-electron chi connectivity index (χ1n) is 10.4. The van der Waals surface area contributed by atoms with E-state index in [1.165, 1.54) is 25.1 Å². The molecule has 0 radical (unpaired) electrons. The average molecular weight is 544 g/mol. The zero-order valence-electron chi connectivity index (χ0n) is 18.7. The first-order chi connectivity index (χ1) is 16.9. The van der Waals surface area contributed by atoms with Crippen LogP contribution in [0.2, 0.25) is 0 Å². The first-order valence-corrected chi connectivity index (χ1v) is 10.4. The summed E-state index contributed by atoms with van der Waals surface area (Å²) in [5, 5.41) is 9.66. The van der Waals surface area contributed by atoms with Crippen LogP contribution in [0.4, 0.5) is 39.5 Å². The minimum atomic E-state index is -5.19. The van der Waals surface area contributed by atoms with Gasteiger partial charge in [-0.25, -0.2) is 0 Å². The second-order valence-corrected chi connectivity index (χ2v) is 8.14. The lowest BCUT2D eigenvalue weighted by Crippen LogP contribution is -2.43. The Balaban J connectivity index is 1.74. The normalized spacial score (nSPS) is 18.4. The van der Waals surface area contributed by atoms with Crippen molar-refractivity contribution in [3.63, 3.8) is 0 Å². The molecule has 0 fully saturated rings. The molecule has 1 atom stereocenters. The van der Waals surface area contributed by atoms with Crippen molar-refractivity contribution in [3.05, 3.63) is 52.3 Å². The van der Waals surface area contributed by atoms with E-state index in [9.17, 15) is 49.1 Å². The molecule has 1 aromatic carbocycles. The van der Waals surface area contributed by atoms with Gasteiger partial charge >= 0.3 is 18.5 Å². The lowest BCUT2D eigenvalue weighted by Gasteiger charge is -2.27. The molecular weight excluding hydrogens is 527 g/mol. The standard InChI is InChI=1S/C21H17F9N4O3/c1-10-6-11(2-3-12(10)14(35)4-5-17(36)31-9-19(22,23)24)13-8-18(37-34-13,21(28,29)30)15-7-16(33-32-15)20(25,26)27/h2-3,6-7H,4-5,8-9H2,1H3,(H,31,36)(H,32,33). The third-order valence-electron chi connectivity index (χ3n) is 5.41. The number of rotatable bonds is 7. The largest absolute Gasteiger partial charge is 0.437 e. The number of Topliss-reactive ketones (excluding diaryl/α,β-unsaturated/α-hetero) is 1. The zero-order valence-corrected chi connectivity index (χ0v) is 18.7. The number of carbonyl (C=O) groups is 2. The Bertz CT molecular complexity index is 1220. The van der Waals surface area contributed by atoms with E-state index >= 15 is 0 Å². The van der Waals surface area contributed by atoms with Crippen LogP contribution in [0.1, 0.15) is 52.1 Å². The predicted molar refractivity (Wildman–Crippen MR) is 107 cm³/mol. The molecule has 16 heteroatoms. The highest BCUT2D eigenvalue weighted by Crippen LogP contribution is 2.49. The van der Waals surface area contributed by atoms with Gasteiger partial charge in [-0.05, 0) is 30.2 Å². The Morgan fingerprint density at radius 1 is 1.05 bits per heavy atom. The molecule has 1 aliphatic rings. The van der Waals surface area contributed by atoms with E-state index in [1.807, 2.05) is 0 Å². The monoisotopic (exact) mass is 544 g/mol. The van der Waals surface area contributed by atoms with Crippen molar-refractivity contribution in [3.8, 4) is 0 Å². The molecule has 1 amide bonds. The fourth-order valence-corrected chi connectivity index (χ4v) is 3.52. The number of benzene rings is 1. The van der Waals surface area contributed by atoms with Crippen LogP contribution in [0.25, 0.3) is 0 Å². The van der Waals surface area contributed by atoms with E-state index < -0.39 is 73.0 Å². The number of hydrogen-bond donors (Lipinski definition) is 2. The molecule has 7 nitrogen and oxygen atoms in total. The average Bonchev–Trinajstić information content (AvgIpc) is 3.43. The van der Waals surface area contributed by atoms with E-state index in [-0.39, 0.29) is 28.5 Å². The number of nitrogens with zero attached hydrogens (tertiary/aromatic N) is 2. The van der Waals surface area contributed by atoms with Crippen LogP contribution in [-0.4, -0.2) is 46.5 Å². The number of halogens is 9. The Morgan fingerprint density at radius 2 is 1.73 bits per heavy atom. The minimum absolute atomic E-state index is 0.0670. The van der Waals surface area contributed by atoms with Gasteiger partial charge in [0.1, 0.15) is 6.54 Å². The van der Waals surface area contributed by atoms with Gasteiger partial charge in [0, 0.05) is 18.4 Å². The number of aromatic amines is 1. The molecule has 2 N–H and O–H groups in total. The molecular formula is C21H17F9N4O3. The molecule has 0 saturated carbocycles. The molecule has 0 spiro atoms. The summed E-state index contributed by atoms with van der Waals surface area (Å²) in [6, 6.07) is 3.94. The van der Waals surface area contributed by atoms with E-state index in [2.05, 4.69) is 15.1 Å². The summed E-state index contributed by atoms with van der Waals surface area (Å²) in [5.74, 6) is -1.59. The van der Waals surface area contributed by atoms with Crippen molar-refractivity contribution in [1.29, 1.82) is 0 Å². The number of hydrogen-bond acceptors (Lipinski definition) is 5. The molecule has 37 heavy (non-hydrogen) atoms. The highest BCUT2D eigenvalue weighted by molar-refractivity contribution is 6.04. The Hall–Kier alpha value is -3.59. The van der Waals surface area contributed by atoms with Crippen LogP contribution in [0.3, 0.4) is 0 Å². The molecule has 0 saturated heterocycles. The predicted octanol–water partition coefficient (Wildman–Crippen LogP) is 4.96. The van der Waals surface area contributed by atoms with Crippen LogP contribution in [0.5, 0.6) is 0 Å². The van der Waals surface area contributed by atoms with Crippen molar-refractivity contribution in [1.82, 2.24) is 15.5 Å². The van der Waals surface area contributed by atoms with Crippen LogP contribution < -0.4 is 5.32 Å². The van der Waals surface area contributed by atoms with Gasteiger partial charge in [-0.3, -0.25) is 14.7 Å². The van der Waals surface area contributed by atoms with Crippen LogP contribution >= 0.6 is 0 Å². The maximum absolute atomic E-state index is 13.9. The topological polar surface area (TPSA) is 96.4 Å². The van der Waals surface area contributed by atoms with Crippen molar-refractivity contribution in [2.75, 3.05) is 6.54 Å². The second-order valence-electron chi connectivity index (χ2n) is 8.14. The van der Waals surface area contributed by atoms with Crippen molar-refractivity contribution >= 4 is 17.4 Å². The number of aryl methyl sites for hydroxylation is 1. The molecule has 0 bridgehead atoms. The number of H-pyrrole nitrogens is 1. The lowest BCUT2D eigenvalue weighted by atomic mass is 9.89. The third kappa shape index (κ3) is 6.22. The zero-order chi connectivity index (χ0) is 27.8. The smallest absolute Gasteiger partial charge is 0.372 e. The molecule has 2 heterocycles. The maximum atomic E-state index is 13.9. The molecule has 0 aliphatic carbocycles. The first kappa shape index (κ1) is 28.0. The van der Waals surface area contributed by atoms with Gasteiger partial charge in [0.15, 0.2) is 11.5 Å². The summed E-state index contributed by atoms with van der Waals surface area (Å²) in [6.45, 7) is -0.119. The Kier molecular flexibility index (Phi) is 7.34. The minimum Gasteiger partial charge on any atom is -0.372 e. The lowest BCUT2D eigenvalue weighted by molar-refractivity contribution is -0.277. The van der Waals surface area contributed by atoms with Crippen molar-refractivity contribution < 1.29 is 53.9 Å². The van der Waals surface area contributed by atoms with Gasteiger partial charge in [0.05, 0.1) is 17.8 Å². The van der Waals surface area contributed by atoms with E-state index in [0.29, 0.717) is 0 Å². The fourth-order valence-electron chi connectivity index (χ4n) is 3.52. The summed E-state index contributed by atoms with van der Waals surface area (Å²) in [7, 11) is 0. The van der Waals surface area contributed by atoms with Gasteiger partial charge in [-0.1, -0.05) is 17.3 Å². The molecule has 3 rings (SSSR count). The number of carbonyl (C=O) groups excluding carboxylic acids is 2. The summed E-state index contributed by atoms with van der Waals surface area (Å²) in [5.41, 5.74) is -5.70. The highest BCUT2D eigenvalue weighted by atomic mass is 19.4.